The van der Waals surface area contributed by atoms with Gasteiger partial charge in [0.25, 0.3) is 0 Å². The second-order valence-electron chi connectivity index (χ2n) is 6.20. The van der Waals surface area contributed by atoms with Crippen LogP contribution in [-0.2, 0) is 11.3 Å². The fourth-order valence-corrected chi connectivity index (χ4v) is 2.83. The predicted molar refractivity (Wildman–Crippen MR) is 79.3 cm³/mol. The van der Waals surface area contributed by atoms with Crippen molar-refractivity contribution < 1.29 is 9.21 Å². The molecule has 0 bridgehead atoms. The smallest absolute Gasteiger partial charge is 0.225 e. The topological polar surface area (TPSA) is 45.5 Å². The van der Waals surface area contributed by atoms with Gasteiger partial charge in [0.15, 0.2) is 0 Å². The summed E-state index contributed by atoms with van der Waals surface area (Å²) in [5, 5.41) is 3.56. The van der Waals surface area contributed by atoms with Crippen LogP contribution in [0.5, 0.6) is 0 Å². The lowest BCUT2D eigenvalue weighted by molar-refractivity contribution is -0.136. The van der Waals surface area contributed by atoms with E-state index in [1.165, 1.54) is 0 Å². The van der Waals surface area contributed by atoms with Gasteiger partial charge < -0.3 is 14.6 Å². The molecule has 0 radical (unpaired) electrons. The monoisotopic (exact) mass is 278 g/mol. The van der Waals surface area contributed by atoms with E-state index in [1.807, 2.05) is 37.8 Å². The molecule has 2 heterocycles. The highest BCUT2D eigenvalue weighted by Crippen LogP contribution is 2.19. The quantitative estimate of drug-likeness (QED) is 0.920. The molecule has 0 saturated carbocycles. The minimum atomic E-state index is 0.0952. The molecule has 0 aromatic carbocycles. The molecule has 2 atom stereocenters. The summed E-state index contributed by atoms with van der Waals surface area (Å²) in [6.07, 6.45) is 1.01. The molecule has 4 nitrogen and oxygen atoms in total. The standard InChI is InChI=1S/C16H26N2O2/c1-11(2)16(19)18-8-7-15(12(3)10-18)17-9-14-6-5-13(4)20-14/h5-6,11-12,15,17H,7-10H2,1-4H3/t12-,15-/m0/s1. The third-order valence-electron chi connectivity index (χ3n) is 4.05. The SMILES string of the molecule is Cc1ccc(CN[C@H]2CCN(C(=O)C(C)C)C[C@@H]2C)o1. The zero-order chi connectivity index (χ0) is 14.7. The van der Waals surface area contributed by atoms with Crippen LogP contribution in [0.4, 0.5) is 0 Å². The molecule has 0 aliphatic carbocycles. The third kappa shape index (κ3) is 3.63. The van der Waals surface area contributed by atoms with Crippen LogP contribution in [0.2, 0.25) is 0 Å². The van der Waals surface area contributed by atoms with E-state index in [0.29, 0.717) is 12.0 Å². The number of carbonyl (C=O) groups is 1. The Kier molecular flexibility index (Phi) is 4.86. The number of aryl methyl sites for hydroxylation is 1. The van der Waals surface area contributed by atoms with Crippen LogP contribution < -0.4 is 5.32 Å². The normalized spacial score (nSPS) is 23.4. The van der Waals surface area contributed by atoms with Gasteiger partial charge in [-0.25, -0.2) is 0 Å². The van der Waals surface area contributed by atoms with Crippen molar-refractivity contribution in [1.82, 2.24) is 10.2 Å². The van der Waals surface area contributed by atoms with Crippen molar-refractivity contribution in [3.05, 3.63) is 23.7 Å². The molecular weight excluding hydrogens is 252 g/mol. The lowest BCUT2D eigenvalue weighted by Crippen LogP contribution is -2.50. The minimum absolute atomic E-state index is 0.0952. The zero-order valence-electron chi connectivity index (χ0n) is 13.0. The van der Waals surface area contributed by atoms with Gasteiger partial charge in [-0.1, -0.05) is 20.8 Å². The van der Waals surface area contributed by atoms with Crippen molar-refractivity contribution in [3.8, 4) is 0 Å². The Bertz CT molecular complexity index is 453. The molecule has 1 aliphatic rings. The van der Waals surface area contributed by atoms with E-state index >= 15 is 0 Å². The first-order valence-electron chi connectivity index (χ1n) is 7.55. The fraction of sp³-hybridized carbons (Fsp3) is 0.688. The van der Waals surface area contributed by atoms with Gasteiger partial charge in [0.05, 0.1) is 6.54 Å². The molecule has 1 N–H and O–H groups in total. The van der Waals surface area contributed by atoms with Gasteiger partial charge in [-0.2, -0.15) is 0 Å². The molecule has 1 aliphatic heterocycles. The van der Waals surface area contributed by atoms with E-state index in [-0.39, 0.29) is 11.8 Å². The number of amides is 1. The van der Waals surface area contributed by atoms with Gasteiger partial charge in [0, 0.05) is 25.0 Å². The molecule has 0 spiro atoms. The number of likely N-dealkylation sites (tertiary alicyclic amines) is 1. The highest BCUT2D eigenvalue weighted by molar-refractivity contribution is 5.78. The molecule has 112 valence electrons. The van der Waals surface area contributed by atoms with Gasteiger partial charge in [-0.05, 0) is 31.4 Å². The first-order valence-corrected chi connectivity index (χ1v) is 7.55. The summed E-state index contributed by atoms with van der Waals surface area (Å²) < 4.78 is 5.57. The average molecular weight is 278 g/mol. The van der Waals surface area contributed by atoms with E-state index < -0.39 is 0 Å². The molecule has 2 rings (SSSR count). The summed E-state index contributed by atoms with van der Waals surface area (Å²) in [4.78, 5) is 14.0. The maximum atomic E-state index is 12.0. The molecular formula is C16H26N2O2. The van der Waals surface area contributed by atoms with E-state index in [2.05, 4.69) is 12.2 Å². The summed E-state index contributed by atoms with van der Waals surface area (Å²) in [5.41, 5.74) is 0. The van der Waals surface area contributed by atoms with Crippen molar-refractivity contribution in [2.45, 2.75) is 46.7 Å². The zero-order valence-corrected chi connectivity index (χ0v) is 13.0. The first kappa shape index (κ1) is 15.1. The maximum Gasteiger partial charge on any atom is 0.225 e. The number of furan rings is 1. The number of piperidine rings is 1. The third-order valence-corrected chi connectivity index (χ3v) is 4.05. The molecule has 1 aromatic heterocycles. The molecule has 1 aromatic rings. The van der Waals surface area contributed by atoms with Gasteiger partial charge in [-0.15, -0.1) is 0 Å². The Labute approximate surface area is 121 Å². The maximum absolute atomic E-state index is 12.0. The number of hydrogen-bond donors (Lipinski definition) is 1. The number of carbonyl (C=O) groups excluding carboxylic acids is 1. The van der Waals surface area contributed by atoms with Crippen molar-refractivity contribution in [2.75, 3.05) is 13.1 Å². The van der Waals surface area contributed by atoms with Crippen molar-refractivity contribution in [3.63, 3.8) is 0 Å². The Morgan fingerprint density at radius 1 is 1.50 bits per heavy atom. The summed E-state index contributed by atoms with van der Waals surface area (Å²) >= 11 is 0. The second kappa shape index (κ2) is 6.44. The molecule has 1 saturated heterocycles. The average Bonchev–Trinajstić information content (AvgIpc) is 2.82. The van der Waals surface area contributed by atoms with Crippen molar-refractivity contribution in [2.24, 2.45) is 11.8 Å². The van der Waals surface area contributed by atoms with Crippen LogP contribution in [0.15, 0.2) is 16.5 Å². The highest BCUT2D eigenvalue weighted by atomic mass is 16.3. The number of nitrogens with one attached hydrogen (secondary N) is 1. The summed E-state index contributed by atoms with van der Waals surface area (Å²) in [6, 6.07) is 4.46. The number of nitrogens with zero attached hydrogens (tertiary/aromatic N) is 1. The van der Waals surface area contributed by atoms with Crippen LogP contribution in [0.1, 0.15) is 38.7 Å². The minimum Gasteiger partial charge on any atom is -0.465 e. The van der Waals surface area contributed by atoms with Crippen molar-refractivity contribution in [1.29, 1.82) is 0 Å². The first-order chi connectivity index (χ1) is 9.47. The van der Waals surface area contributed by atoms with Crippen LogP contribution in [0, 0.1) is 18.8 Å². The van der Waals surface area contributed by atoms with E-state index in [4.69, 9.17) is 4.42 Å². The summed E-state index contributed by atoms with van der Waals surface area (Å²) in [6.45, 7) is 10.6. The van der Waals surface area contributed by atoms with Crippen LogP contribution >= 0.6 is 0 Å². The van der Waals surface area contributed by atoms with Gasteiger partial charge in [-0.3, -0.25) is 4.79 Å². The largest absolute Gasteiger partial charge is 0.465 e. The molecule has 20 heavy (non-hydrogen) atoms. The predicted octanol–water partition coefficient (Wildman–Crippen LogP) is 2.57. The lowest BCUT2D eigenvalue weighted by atomic mass is 9.93. The lowest BCUT2D eigenvalue weighted by Gasteiger charge is -2.38. The van der Waals surface area contributed by atoms with Crippen LogP contribution in [0.3, 0.4) is 0 Å². The molecule has 4 heteroatoms. The Hall–Kier alpha value is -1.29. The Morgan fingerprint density at radius 3 is 2.80 bits per heavy atom. The highest BCUT2D eigenvalue weighted by Gasteiger charge is 2.29. The van der Waals surface area contributed by atoms with Gasteiger partial charge in [0.2, 0.25) is 5.91 Å². The van der Waals surface area contributed by atoms with Gasteiger partial charge in [0.1, 0.15) is 11.5 Å². The van der Waals surface area contributed by atoms with E-state index in [9.17, 15) is 4.79 Å². The van der Waals surface area contributed by atoms with E-state index in [1.54, 1.807) is 0 Å². The fourth-order valence-electron chi connectivity index (χ4n) is 2.83. The number of hydrogen-bond acceptors (Lipinski definition) is 3. The molecule has 1 amide bonds. The van der Waals surface area contributed by atoms with Crippen molar-refractivity contribution >= 4 is 5.91 Å². The van der Waals surface area contributed by atoms with Crippen LogP contribution in [-0.4, -0.2) is 29.9 Å². The summed E-state index contributed by atoms with van der Waals surface area (Å²) in [5.74, 6) is 2.78. The molecule has 0 unspecified atom stereocenters. The van der Waals surface area contributed by atoms with Gasteiger partial charge >= 0.3 is 0 Å². The summed E-state index contributed by atoms with van der Waals surface area (Å²) in [7, 11) is 0. The Morgan fingerprint density at radius 2 is 2.25 bits per heavy atom. The second-order valence-corrected chi connectivity index (χ2v) is 6.20. The van der Waals surface area contributed by atoms with E-state index in [0.717, 1.165) is 37.6 Å². The van der Waals surface area contributed by atoms with Crippen LogP contribution in [0.25, 0.3) is 0 Å². The number of rotatable bonds is 4. The Balaban J connectivity index is 1.82. The molecule has 1 fully saturated rings.